The fraction of sp³-hybridized carbons (Fsp3) is 0.667. The molecule has 0 saturated heterocycles. The molecule has 1 atom stereocenters. The molecule has 0 fully saturated rings. The second-order valence-corrected chi connectivity index (χ2v) is 5.99. The first-order chi connectivity index (χ1) is 10.2. The number of rotatable bonds is 8. The molecule has 1 heterocycles. The minimum Gasteiger partial charge on any atom is -0.493 e. The molecule has 0 saturated carbocycles. The molecule has 0 aromatic heterocycles. The molecule has 2 N–H and O–H groups in total. The molecule has 1 aliphatic rings. The molecular formula is C18H30N2O. The maximum absolute atomic E-state index is 6.11. The fourth-order valence-corrected chi connectivity index (χ4v) is 3.26. The standard InChI is InChI=1S/C18H30N2O/c1-4-14(5-2)13-20(6-3)17(12-19)15-7-8-18-16(11-15)9-10-21-18/h7-8,11,14,17H,4-6,9-10,12-13,19H2,1-3H3. The Kier molecular flexibility index (Phi) is 6.07. The van der Waals surface area contributed by atoms with Gasteiger partial charge >= 0.3 is 0 Å². The van der Waals surface area contributed by atoms with Gasteiger partial charge < -0.3 is 10.5 Å². The summed E-state index contributed by atoms with van der Waals surface area (Å²) in [6.07, 6.45) is 3.50. The van der Waals surface area contributed by atoms with Gasteiger partial charge in [-0.25, -0.2) is 0 Å². The van der Waals surface area contributed by atoms with Gasteiger partial charge in [-0.3, -0.25) is 4.90 Å². The second kappa shape index (κ2) is 7.81. The van der Waals surface area contributed by atoms with Crippen LogP contribution in [-0.4, -0.2) is 31.1 Å². The Morgan fingerprint density at radius 2 is 2.00 bits per heavy atom. The van der Waals surface area contributed by atoms with Crippen LogP contribution in [0.4, 0.5) is 0 Å². The molecule has 1 aromatic carbocycles. The number of nitrogens with zero attached hydrogens (tertiary/aromatic N) is 1. The van der Waals surface area contributed by atoms with E-state index in [4.69, 9.17) is 10.5 Å². The Morgan fingerprint density at radius 1 is 1.24 bits per heavy atom. The molecular weight excluding hydrogens is 260 g/mol. The van der Waals surface area contributed by atoms with Crippen LogP contribution >= 0.6 is 0 Å². The van der Waals surface area contributed by atoms with Crippen LogP contribution in [0.2, 0.25) is 0 Å². The van der Waals surface area contributed by atoms with Crippen molar-refractivity contribution in [2.24, 2.45) is 11.7 Å². The second-order valence-electron chi connectivity index (χ2n) is 5.99. The summed E-state index contributed by atoms with van der Waals surface area (Å²) in [6, 6.07) is 6.93. The van der Waals surface area contributed by atoms with Crippen LogP contribution in [0.1, 0.15) is 50.8 Å². The van der Waals surface area contributed by atoms with Gasteiger partial charge in [-0.1, -0.05) is 45.7 Å². The average molecular weight is 290 g/mol. The zero-order valence-corrected chi connectivity index (χ0v) is 13.8. The monoisotopic (exact) mass is 290 g/mol. The molecule has 0 amide bonds. The molecule has 2 rings (SSSR count). The summed E-state index contributed by atoms with van der Waals surface area (Å²) in [5, 5.41) is 0. The van der Waals surface area contributed by atoms with E-state index < -0.39 is 0 Å². The van der Waals surface area contributed by atoms with Gasteiger partial charge in [0.1, 0.15) is 5.75 Å². The van der Waals surface area contributed by atoms with E-state index in [9.17, 15) is 0 Å². The van der Waals surface area contributed by atoms with Gasteiger partial charge in [0.15, 0.2) is 0 Å². The molecule has 0 radical (unpaired) electrons. The number of likely N-dealkylation sites (N-methyl/N-ethyl adjacent to an activating group) is 1. The maximum atomic E-state index is 6.11. The van der Waals surface area contributed by atoms with Crippen LogP contribution < -0.4 is 10.5 Å². The van der Waals surface area contributed by atoms with E-state index in [1.54, 1.807) is 0 Å². The topological polar surface area (TPSA) is 38.5 Å². The number of hydrogen-bond donors (Lipinski definition) is 1. The highest BCUT2D eigenvalue weighted by Gasteiger charge is 2.22. The lowest BCUT2D eigenvalue weighted by atomic mass is 9.98. The molecule has 3 heteroatoms. The molecule has 3 nitrogen and oxygen atoms in total. The van der Waals surface area contributed by atoms with E-state index >= 15 is 0 Å². The quantitative estimate of drug-likeness (QED) is 0.797. The fourth-order valence-electron chi connectivity index (χ4n) is 3.26. The van der Waals surface area contributed by atoms with Crippen LogP contribution in [0.25, 0.3) is 0 Å². The summed E-state index contributed by atoms with van der Waals surface area (Å²) in [7, 11) is 0. The Labute approximate surface area is 129 Å². The van der Waals surface area contributed by atoms with Crippen molar-refractivity contribution in [3.05, 3.63) is 29.3 Å². The van der Waals surface area contributed by atoms with Crippen molar-refractivity contribution in [3.63, 3.8) is 0 Å². The lowest BCUT2D eigenvalue weighted by molar-refractivity contribution is 0.174. The first-order valence-electron chi connectivity index (χ1n) is 8.43. The summed E-state index contributed by atoms with van der Waals surface area (Å²) in [5.41, 5.74) is 8.79. The molecule has 118 valence electrons. The summed E-state index contributed by atoms with van der Waals surface area (Å²) in [6.45, 7) is 10.5. The Hall–Kier alpha value is -1.06. The molecule has 1 aromatic rings. The smallest absolute Gasteiger partial charge is 0.122 e. The summed E-state index contributed by atoms with van der Waals surface area (Å²) in [5.74, 6) is 1.81. The number of hydrogen-bond acceptors (Lipinski definition) is 3. The summed E-state index contributed by atoms with van der Waals surface area (Å²) < 4.78 is 5.61. The number of ether oxygens (including phenoxy) is 1. The largest absolute Gasteiger partial charge is 0.493 e. The molecule has 1 aliphatic heterocycles. The minimum absolute atomic E-state index is 0.321. The third kappa shape index (κ3) is 3.78. The highest BCUT2D eigenvalue weighted by atomic mass is 16.5. The third-order valence-electron chi connectivity index (χ3n) is 4.82. The first-order valence-corrected chi connectivity index (χ1v) is 8.43. The van der Waals surface area contributed by atoms with Crippen molar-refractivity contribution < 1.29 is 4.74 Å². The van der Waals surface area contributed by atoms with E-state index in [-0.39, 0.29) is 0 Å². The zero-order valence-electron chi connectivity index (χ0n) is 13.8. The van der Waals surface area contributed by atoms with E-state index in [1.807, 2.05) is 0 Å². The summed E-state index contributed by atoms with van der Waals surface area (Å²) >= 11 is 0. The van der Waals surface area contributed by atoms with Crippen molar-refractivity contribution in [2.45, 2.75) is 46.1 Å². The van der Waals surface area contributed by atoms with Gasteiger partial charge in [-0.15, -0.1) is 0 Å². The Balaban J connectivity index is 2.16. The van der Waals surface area contributed by atoms with Crippen molar-refractivity contribution in [1.29, 1.82) is 0 Å². The van der Waals surface area contributed by atoms with Gasteiger partial charge in [0.25, 0.3) is 0 Å². The molecule has 0 bridgehead atoms. The van der Waals surface area contributed by atoms with Gasteiger partial charge in [0.2, 0.25) is 0 Å². The van der Waals surface area contributed by atoms with Gasteiger partial charge in [-0.05, 0) is 29.7 Å². The number of nitrogens with two attached hydrogens (primary N) is 1. The van der Waals surface area contributed by atoms with Crippen LogP contribution in [0.15, 0.2) is 18.2 Å². The lowest BCUT2D eigenvalue weighted by Gasteiger charge is -2.33. The van der Waals surface area contributed by atoms with Crippen molar-refractivity contribution >= 4 is 0 Å². The number of benzene rings is 1. The first kappa shape index (κ1) is 16.3. The Morgan fingerprint density at radius 3 is 2.62 bits per heavy atom. The Bertz CT molecular complexity index is 443. The zero-order chi connectivity index (χ0) is 15.2. The van der Waals surface area contributed by atoms with Crippen molar-refractivity contribution in [3.8, 4) is 5.75 Å². The molecule has 21 heavy (non-hydrogen) atoms. The van der Waals surface area contributed by atoms with Gasteiger partial charge in [0.05, 0.1) is 6.61 Å². The molecule has 0 aliphatic carbocycles. The van der Waals surface area contributed by atoms with E-state index in [1.165, 1.54) is 24.0 Å². The van der Waals surface area contributed by atoms with Crippen LogP contribution in [0, 0.1) is 5.92 Å². The van der Waals surface area contributed by atoms with E-state index in [2.05, 4.69) is 43.9 Å². The predicted molar refractivity (Wildman–Crippen MR) is 88.8 cm³/mol. The van der Waals surface area contributed by atoms with Gasteiger partial charge in [-0.2, -0.15) is 0 Å². The normalized spacial score (nSPS) is 15.3. The van der Waals surface area contributed by atoms with E-state index in [0.29, 0.717) is 12.6 Å². The average Bonchev–Trinajstić information content (AvgIpc) is 2.99. The third-order valence-corrected chi connectivity index (χ3v) is 4.82. The maximum Gasteiger partial charge on any atom is 0.122 e. The molecule has 0 spiro atoms. The van der Waals surface area contributed by atoms with Gasteiger partial charge in [0, 0.05) is 25.6 Å². The number of fused-ring (bicyclic) bond motifs is 1. The van der Waals surface area contributed by atoms with Crippen LogP contribution in [0.3, 0.4) is 0 Å². The molecule has 1 unspecified atom stereocenters. The highest BCUT2D eigenvalue weighted by Crippen LogP contribution is 2.30. The van der Waals surface area contributed by atoms with Crippen molar-refractivity contribution in [2.75, 3.05) is 26.2 Å². The highest BCUT2D eigenvalue weighted by molar-refractivity contribution is 5.40. The summed E-state index contributed by atoms with van der Waals surface area (Å²) in [4.78, 5) is 2.54. The SMILES string of the molecule is CCC(CC)CN(CC)C(CN)c1ccc2c(c1)CCO2. The lowest BCUT2D eigenvalue weighted by Crippen LogP contribution is -2.37. The van der Waals surface area contributed by atoms with Crippen molar-refractivity contribution in [1.82, 2.24) is 4.90 Å². The minimum atomic E-state index is 0.321. The predicted octanol–water partition coefficient (Wildman–Crippen LogP) is 3.38. The van der Waals surface area contributed by atoms with E-state index in [0.717, 1.165) is 37.8 Å². The van der Waals surface area contributed by atoms with Crippen LogP contribution in [-0.2, 0) is 6.42 Å². The van der Waals surface area contributed by atoms with Crippen LogP contribution in [0.5, 0.6) is 5.75 Å².